The van der Waals surface area contributed by atoms with Gasteiger partial charge in [-0.2, -0.15) is 0 Å². The van der Waals surface area contributed by atoms with Crippen LogP contribution in [0.5, 0.6) is 0 Å². The van der Waals surface area contributed by atoms with Crippen molar-refractivity contribution < 1.29 is 13.5 Å². The van der Waals surface area contributed by atoms with Crippen LogP contribution in [-0.4, -0.2) is 18.6 Å². The Kier molecular flexibility index (Phi) is 6.94. The Balaban J connectivity index is 3.97. The second-order valence-electron chi connectivity index (χ2n) is 7.69. The van der Waals surface area contributed by atoms with Crippen LogP contribution in [0.1, 0.15) is 74.1 Å². The highest BCUT2D eigenvalue weighted by molar-refractivity contribution is 4.81. The average Bonchev–Trinajstić information content (AvgIpc) is 2.20. The van der Waals surface area contributed by atoms with E-state index in [-0.39, 0.29) is 17.9 Å². The Morgan fingerprint density at radius 3 is 1.79 bits per heavy atom. The lowest BCUT2D eigenvalue weighted by molar-refractivity contribution is -0.104. The molecule has 1 nitrogen and oxygen atoms in total. The predicted octanol–water partition coefficient (Wildman–Crippen LogP) is 5.68. The summed E-state index contributed by atoms with van der Waals surface area (Å²) < 4.78 is 33.2. The van der Waals surface area contributed by atoms with Crippen LogP contribution in [0.3, 0.4) is 0 Å². The molecule has 3 heteroatoms. The molecule has 0 atom stereocenters. The number of ether oxygens (including phenoxy) is 1. The molecule has 0 aromatic carbocycles. The van der Waals surface area contributed by atoms with E-state index in [9.17, 15) is 8.78 Å². The molecule has 0 saturated heterocycles. The van der Waals surface area contributed by atoms with Gasteiger partial charge in [0.15, 0.2) is 0 Å². The number of hydrogen-bond donors (Lipinski definition) is 0. The molecule has 0 rings (SSSR count). The van der Waals surface area contributed by atoms with Gasteiger partial charge in [0.05, 0.1) is 12.7 Å². The van der Waals surface area contributed by atoms with Gasteiger partial charge in [-0.05, 0) is 32.1 Å². The minimum Gasteiger partial charge on any atom is -0.378 e. The van der Waals surface area contributed by atoms with Crippen molar-refractivity contribution in [2.45, 2.75) is 86.2 Å². The van der Waals surface area contributed by atoms with Crippen molar-refractivity contribution in [2.24, 2.45) is 10.8 Å². The van der Waals surface area contributed by atoms with Crippen molar-refractivity contribution in [1.82, 2.24) is 0 Å². The molecule has 0 unspecified atom stereocenters. The van der Waals surface area contributed by atoms with Crippen LogP contribution in [0.2, 0.25) is 0 Å². The molecule has 0 aromatic heterocycles. The fourth-order valence-electron chi connectivity index (χ4n) is 1.79. The third-order valence-corrected chi connectivity index (χ3v) is 3.50. The molecular formula is C16H32F2O. The van der Waals surface area contributed by atoms with Crippen LogP contribution in [0.4, 0.5) is 8.78 Å². The van der Waals surface area contributed by atoms with E-state index in [2.05, 4.69) is 13.8 Å². The second kappa shape index (κ2) is 7.01. The van der Waals surface area contributed by atoms with Gasteiger partial charge in [0.25, 0.3) is 5.92 Å². The normalized spacial score (nSPS) is 14.2. The van der Waals surface area contributed by atoms with E-state index in [1.165, 1.54) is 0 Å². The van der Waals surface area contributed by atoms with Crippen molar-refractivity contribution in [3.63, 3.8) is 0 Å². The highest BCUT2D eigenvalue weighted by Gasteiger charge is 2.41. The molecule has 0 fully saturated rings. The predicted molar refractivity (Wildman–Crippen MR) is 77.7 cm³/mol. The van der Waals surface area contributed by atoms with E-state index in [0.29, 0.717) is 13.0 Å². The molecule has 0 amide bonds. The standard InChI is InChI=1S/C16H32F2O/c1-13(2)19-12-15(6,7)10-8-9-11-16(17,18)14(3,4)5/h13H,8-12H2,1-7H3. The fourth-order valence-corrected chi connectivity index (χ4v) is 1.79. The molecular weight excluding hydrogens is 246 g/mol. The zero-order chi connectivity index (χ0) is 15.3. The Hall–Kier alpha value is -0.180. The second-order valence-corrected chi connectivity index (χ2v) is 7.69. The van der Waals surface area contributed by atoms with Crippen molar-refractivity contribution in [3.8, 4) is 0 Å². The monoisotopic (exact) mass is 278 g/mol. The topological polar surface area (TPSA) is 9.23 Å². The summed E-state index contributed by atoms with van der Waals surface area (Å²) in [6, 6.07) is 0. The highest BCUT2D eigenvalue weighted by atomic mass is 19.3. The SMILES string of the molecule is CC(C)OCC(C)(C)CCCCC(F)(F)C(C)(C)C. The summed E-state index contributed by atoms with van der Waals surface area (Å²) >= 11 is 0. The molecule has 0 aromatic rings. The molecule has 0 aliphatic carbocycles. The minimum atomic E-state index is -2.58. The maximum atomic E-state index is 13.8. The van der Waals surface area contributed by atoms with Gasteiger partial charge in [0.1, 0.15) is 0 Å². The van der Waals surface area contributed by atoms with Crippen molar-refractivity contribution in [2.75, 3.05) is 6.61 Å². The molecule has 0 saturated carbocycles. The van der Waals surface area contributed by atoms with Gasteiger partial charge in [-0.3, -0.25) is 0 Å². The van der Waals surface area contributed by atoms with Crippen molar-refractivity contribution >= 4 is 0 Å². The van der Waals surface area contributed by atoms with Gasteiger partial charge >= 0.3 is 0 Å². The summed E-state index contributed by atoms with van der Waals surface area (Å²) in [5.74, 6) is -2.58. The molecule has 0 radical (unpaired) electrons. The molecule has 0 aliphatic heterocycles. The van der Waals surface area contributed by atoms with E-state index in [1.807, 2.05) is 13.8 Å². The minimum absolute atomic E-state index is 0.0163. The molecule has 19 heavy (non-hydrogen) atoms. The summed E-state index contributed by atoms with van der Waals surface area (Å²) in [5.41, 5.74) is -0.870. The van der Waals surface area contributed by atoms with Crippen LogP contribution < -0.4 is 0 Å². The van der Waals surface area contributed by atoms with Gasteiger partial charge in [-0.25, -0.2) is 8.78 Å². The lowest BCUT2D eigenvalue weighted by atomic mass is 9.83. The summed E-state index contributed by atoms with van der Waals surface area (Å²) in [5, 5.41) is 0. The van der Waals surface area contributed by atoms with E-state index in [4.69, 9.17) is 4.74 Å². The lowest BCUT2D eigenvalue weighted by Crippen LogP contribution is -2.33. The van der Waals surface area contributed by atoms with Crippen LogP contribution in [-0.2, 0) is 4.74 Å². The number of unbranched alkanes of at least 4 members (excludes halogenated alkanes) is 1. The summed E-state index contributed by atoms with van der Waals surface area (Å²) in [6.45, 7) is 13.8. The van der Waals surface area contributed by atoms with Gasteiger partial charge < -0.3 is 4.74 Å². The third kappa shape index (κ3) is 7.86. The number of alkyl halides is 2. The molecule has 116 valence electrons. The maximum absolute atomic E-state index is 13.8. The summed E-state index contributed by atoms with van der Waals surface area (Å²) in [7, 11) is 0. The summed E-state index contributed by atoms with van der Waals surface area (Å²) in [4.78, 5) is 0. The Morgan fingerprint density at radius 2 is 1.37 bits per heavy atom. The van der Waals surface area contributed by atoms with Gasteiger partial charge in [-0.1, -0.05) is 41.0 Å². The molecule has 0 heterocycles. The Morgan fingerprint density at radius 1 is 0.895 bits per heavy atom. The fraction of sp³-hybridized carbons (Fsp3) is 1.00. The quantitative estimate of drug-likeness (QED) is 0.519. The number of hydrogen-bond acceptors (Lipinski definition) is 1. The first-order valence-electron chi connectivity index (χ1n) is 7.37. The van der Waals surface area contributed by atoms with E-state index >= 15 is 0 Å². The Labute approximate surface area is 118 Å². The van der Waals surface area contributed by atoms with Crippen molar-refractivity contribution in [1.29, 1.82) is 0 Å². The number of halogens is 2. The Bertz CT molecular complexity index is 252. The van der Waals surface area contributed by atoms with Gasteiger partial charge in [0, 0.05) is 11.8 Å². The smallest absolute Gasteiger partial charge is 0.252 e. The van der Waals surface area contributed by atoms with E-state index in [0.717, 1.165) is 12.8 Å². The molecule has 0 bridgehead atoms. The van der Waals surface area contributed by atoms with Crippen LogP contribution in [0.15, 0.2) is 0 Å². The molecule has 0 aliphatic rings. The van der Waals surface area contributed by atoms with E-state index < -0.39 is 11.3 Å². The van der Waals surface area contributed by atoms with Crippen LogP contribution in [0.25, 0.3) is 0 Å². The zero-order valence-electron chi connectivity index (χ0n) is 13.8. The van der Waals surface area contributed by atoms with Crippen LogP contribution >= 0.6 is 0 Å². The van der Waals surface area contributed by atoms with Gasteiger partial charge in [0.2, 0.25) is 0 Å². The van der Waals surface area contributed by atoms with Crippen molar-refractivity contribution in [3.05, 3.63) is 0 Å². The number of rotatable bonds is 8. The maximum Gasteiger partial charge on any atom is 0.252 e. The lowest BCUT2D eigenvalue weighted by Gasteiger charge is -2.31. The van der Waals surface area contributed by atoms with Crippen LogP contribution in [0, 0.1) is 10.8 Å². The first kappa shape index (κ1) is 18.8. The zero-order valence-corrected chi connectivity index (χ0v) is 13.8. The molecule has 0 spiro atoms. The first-order chi connectivity index (χ1) is 8.37. The molecule has 0 N–H and O–H groups in total. The summed E-state index contributed by atoms with van der Waals surface area (Å²) in [6.07, 6.45) is 2.55. The average molecular weight is 278 g/mol. The largest absolute Gasteiger partial charge is 0.378 e. The highest BCUT2D eigenvalue weighted by Crippen LogP contribution is 2.40. The van der Waals surface area contributed by atoms with E-state index in [1.54, 1.807) is 20.8 Å². The van der Waals surface area contributed by atoms with Gasteiger partial charge in [-0.15, -0.1) is 0 Å². The third-order valence-electron chi connectivity index (χ3n) is 3.50. The first-order valence-corrected chi connectivity index (χ1v) is 7.37.